The molecule has 0 bridgehead atoms. The molecule has 0 spiro atoms. The van der Waals surface area contributed by atoms with Crippen LogP contribution in [0, 0.1) is 11.8 Å². The lowest BCUT2D eigenvalue weighted by atomic mass is 10.5. The van der Waals surface area contributed by atoms with E-state index in [1.807, 2.05) is 0 Å². The van der Waals surface area contributed by atoms with Gasteiger partial charge in [-0.3, -0.25) is 4.79 Å². The minimum atomic E-state index is -0.244. The number of hydrogen-bond donors (Lipinski definition) is 2. The summed E-state index contributed by atoms with van der Waals surface area (Å²) < 4.78 is 0. The van der Waals surface area contributed by atoms with Crippen LogP contribution in [0.15, 0.2) is 0 Å². The number of nitrogens with two attached hydrogens (primary N) is 1. The zero-order valence-electron chi connectivity index (χ0n) is 7.69. The Morgan fingerprint density at radius 1 is 1.71 bits per heavy atom. The molecule has 0 aromatic carbocycles. The van der Waals surface area contributed by atoms with Crippen LogP contribution in [0.2, 0.25) is 0 Å². The van der Waals surface area contributed by atoms with E-state index in [9.17, 15) is 4.79 Å². The SMILES string of the molecule is Cn1nnc(C#CCNC(=O)CN)n1. The van der Waals surface area contributed by atoms with Gasteiger partial charge >= 0.3 is 0 Å². The van der Waals surface area contributed by atoms with Gasteiger partial charge in [0.15, 0.2) is 0 Å². The molecule has 1 aromatic heterocycles. The predicted octanol–water partition coefficient (Wildman–Crippen LogP) is -2.36. The van der Waals surface area contributed by atoms with Crippen molar-refractivity contribution in [3.05, 3.63) is 5.82 Å². The summed E-state index contributed by atoms with van der Waals surface area (Å²) in [5.41, 5.74) is 5.07. The number of rotatable bonds is 2. The van der Waals surface area contributed by atoms with Crippen molar-refractivity contribution in [3.63, 3.8) is 0 Å². The van der Waals surface area contributed by atoms with Gasteiger partial charge in [-0.05, 0) is 11.1 Å². The van der Waals surface area contributed by atoms with Crippen LogP contribution in [0.5, 0.6) is 0 Å². The summed E-state index contributed by atoms with van der Waals surface area (Å²) in [6.45, 7) is 0.194. The van der Waals surface area contributed by atoms with Crippen LogP contribution >= 0.6 is 0 Å². The number of nitrogens with one attached hydrogen (secondary N) is 1. The summed E-state index contributed by atoms with van der Waals surface area (Å²) in [6, 6.07) is 0. The first kappa shape index (κ1) is 10.1. The Labute approximate surface area is 80.7 Å². The largest absolute Gasteiger partial charge is 0.344 e. The van der Waals surface area contributed by atoms with Crippen LogP contribution in [-0.2, 0) is 11.8 Å². The molecule has 1 rings (SSSR count). The van der Waals surface area contributed by atoms with Crippen molar-refractivity contribution >= 4 is 5.91 Å². The van der Waals surface area contributed by atoms with Gasteiger partial charge in [-0.25, -0.2) is 0 Å². The second-order valence-corrected chi connectivity index (χ2v) is 2.39. The Kier molecular flexibility index (Phi) is 3.58. The van der Waals surface area contributed by atoms with Crippen molar-refractivity contribution in [1.82, 2.24) is 25.5 Å². The van der Waals surface area contributed by atoms with Gasteiger partial charge in [-0.1, -0.05) is 11.0 Å². The smallest absolute Gasteiger partial charge is 0.247 e. The first-order valence-electron chi connectivity index (χ1n) is 3.92. The number of carbonyl (C=O) groups is 1. The van der Waals surface area contributed by atoms with Crippen LogP contribution in [0.4, 0.5) is 0 Å². The van der Waals surface area contributed by atoms with E-state index in [2.05, 4.69) is 32.6 Å². The lowest BCUT2D eigenvalue weighted by Crippen LogP contribution is -2.30. The van der Waals surface area contributed by atoms with Gasteiger partial charge < -0.3 is 11.1 Å². The third-order valence-corrected chi connectivity index (χ3v) is 1.27. The van der Waals surface area contributed by atoms with E-state index in [1.165, 1.54) is 4.80 Å². The molecule has 74 valence electrons. The van der Waals surface area contributed by atoms with E-state index in [-0.39, 0.29) is 19.0 Å². The third kappa shape index (κ3) is 3.20. The summed E-state index contributed by atoms with van der Waals surface area (Å²) in [4.78, 5) is 12.0. The molecular weight excluding hydrogens is 184 g/mol. The van der Waals surface area contributed by atoms with Crippen molar-refractivity contribution in [3.8, 4) is 11.8 Å². The molecule has 7 nitrogen and oxygen atoms in total. The fraction of sp³-hybridized carbons (Fsp3) is 0.429. The molecule has 0 radical (unpaired) electrons. The molecule has 0 aliphatic carbocycles. The predicted molar refractivity (Wildman–Crippen MR) is 47.7 cm³/mol. The molecule has 0 atom stereocenters. The first-order chi connectivity index (χ1) is 6.72. The second-order valence-electron chi connectivity index (χ2n) is 2.39. The lowest BCUT2D eigenvalue weighted by molar-refractivity contribution is -0.119. The maximum absolute atomic E-state index is 10.7. The zero-order chi connectivity index (χ0) is 10.4. The first-order valence-corrected chi connectivity index (χ1v) is 3.92. The van der Waals surface area contributed by atoms with Crippen molar-refractivity contribution in [1.29, 1.82) is 0 Å². The Balaban J connectivity index is 2.38. The van der Waals surface area contributed by atoms with Crippen LogP contribution in [0.25, 0.3) is 0 Å². The number of hydrogen-bond acceptors (Lipinski definition) is 5. The maximum Gasteiger partial charge on any atom is 0.247 e. The molecule has 0 aliphatic heterocycles. The number of amides is 1. The molecule has 3 N–H and O–H groups in total. The normalized spacial score (nSPS) is 9.00. The molecule has 7 heteroatoms. The number of carbonyl (C=O) groups excluding carboxylic acids is 1. The van der Waals surface area contributed by atoms with E-state index in [4.69, 9.17) is 5.73 Å². The van der Waals surface area contributed by atoms with Crippen LogP contribution in [0.1, 0.15) is 5.82 Å². The third-order valence-electron chi connectivity index (χ3n) is 1.27. The van der Waals surface area contributed by atoms with Gasteiger partial charge in [-0.2, -0.15) is 4.80 Å². The average molecular weight is 194 g/mol. The van der Waals surface area contributed by atoms with Gasteiger partial charge in [0.1, 0.15) is 0 Å². The van der Waals surface area contributed by atoms with Gasteiger partial charge in [0.05, 0.1) is 20.1 Å². The zero-order valence-corrected chi connectivity index (χ0v) is 7.69. The molecular formula is C7H10N6O. The molecule has 1 aromatic rings. The molecule has 1 amide bonds. The summed E-state index contributed by atoms with van der Waals surface area (Å²) in [5, 5.41) is 13.6. The van der Waals surface area contributed by atoms with Crippen molar-refractivity contribution in [2.24, 2.45) is 12.8 Å². The van der Waals surface area contributed by atoms with Crippen LogP contribution in [-0.4, -0.2) is 39.2 Å². The number of aromatic nitrogens is 4. The monoisotopic (exact) mass is 194 g/mol. The number of tetrazole rings is 1. The highest BCUT2D eigenvalue weighted by Crippen LogP contribution is 1.78. The van der Waals surface area contributed by atoms with E-state index in [0.717, 1.165) is 0 Å². The topological polar surface area (TPSA) is 98.7 Å². The Hall–Kier alpha value is -1.94. The minimum Gasteiger partial charge on any atom is -0.344 e. The molecule has 14 heavy (non-hydrogen) atoms. The van der Waals surface area contributed by atoms with Gasteiger partial charge in [0.2, 0.25) is 11.7 Å². The van der Waals surface area contributed by atoms with Gasteiger partial charge in [0.25, 0.3) is 0 Å². The van der Waals surface area contributed by atoms with Gasteiger partial charge in [0, 0.05) is 0 Å². The van der Waals surface area contributed by atoms with Crippen molar-refractivity contribution in [2.75, 3.05) is 13.1 Å². The fourth-order valence-electron chi connectivity index (χ4n) is 0.672. The fourth-order valence-corrected chi connectivity index (χ4v) is 0.672. The Bertz CT molecular complexity index is 373. The molecule has 0 aliphatic rings. The summed E-state index contributed by atoms with van der Waals surface area (Å²) in [5.74, 6) is 5.38. The molecule has 0 unspecified atom stereocenters. The van der Waals surface area contributed by atoms with Crippen LogP contribution in [0.3, 0.4) is 0 Å². The summed E-state index contributed by atoms with van der Waals surface area (Å²) in [7, 11) is 1.65. The Morgan fingerprint density at radius 2 is 2.50 bits per heavy atom. The highest BCUT2D eigenvalue weighted by molar-refractivity contribution is 5.77. The van der Waals surface area contributed by atoms with E-state index >= 15 is 0 Å². The number of aryl methyl sites for hydroxylation is 1. The standard InChI is InChI=1S/C7H10N6O/c1-13-11-6(10-12-13)3-2-4-9-7(14)5-8/h4-5,8H2,1H3,(H,9,14). The van der Waals surface area contributed by atoms with Crippen molar-refractivity contribution < 1.29 is 4.79 Å². The molecule has 0 saturated carbocycles. The van der Waals surface area contributed by atoms with Crippen LogP contribution < -0.4 is 11.1 Å². The Morgan fingerprint density at radius 3 is 3.07 bits per heavy atom. The second kappa shape index (κ2) is 4.94. The van der Waals surface area contributed by atoms with E-state index in [0.29, 0.717) is 5.82 Å². The van der Waals surface area contributed by atoms with E-state index in [1.54, 1.807) is 7.05 Å². The van der Waals surface area contributed by atoms with E-state index < -0.39 is 0 Å². The van der Waals surface area contributed by atoms with Gasteiger partial charge in [-0.15, -0.1) is 5.10 Å². The molecule has 1 heterocycles. The quantitative estimate of drug-likeness (QED) is 0.513. The molecule has 0 fully saturated rings. The highest BCUT2D eigenvalue weighted by Gasteiger charge is 1.94. The average Bonchev–Trinajstić information content (AvgIpc) is 2.58. The lowest BCUT2D eigenvalue weighted by Gasteiger charge is -1.94. The summed E-state index contributed by atoms with van der Waals surface area (Å²) >= 11 is 0. The minimum absolute atomic E-state index is 0.0366. The number of nitrogens with zero attached hydrogens (tertiary/aromatic N) is 4. The molecule has 0 saturated heterocycles. The highest BCUT2D eigenvalue weighted by atomic mass is 16.1. The summed E-state index contributed by atoms with van der Waals surface area (Å²) in [6.07, 6.45) is 0. The maximum atomic E-state index is 10.7. The van der Waals surface area contributed by atoms with Crippen molar-refractivity contribution in [2.45, 2.75) is 0 Å².